The Kier molecular flexibility index (Phi) is 6.99. The number of benzene rings is 1. The van der Waals surface area contributed by atoms with Gasteiger partial charge in [-0.2, -0.15) is 4.31 Å². The lowest BCUT2D eigenvalue weighted by molar-refractivity contribution is -0.115. The number of hydrogen-bond donors (Lipinski definition) is 1. The molecule has 0 bridgehead atoms. The lowest BCUT2D eigenvalue weighted by Crippen LogP contribution is -2.27. The Hall–Kier alpha value is -2.21. The van der Waals surface area contributed by atoms with E-state index in [4.69, 9.17) is 0 Å². The first-order valence-electron chi connectivity index (χ1n) is 10.3. The summed E-state index contributed by atoms with van der Waals surface area (Å²) in [5.74, 6) is 0.658. The number of carbonyl (C=O) groups is 1. The molecular weight excluding hydrogens is 466 g/mol. The molecule has 8 nitrogen and oxygen atoms in total. The zero-order valence-electron chi connectivity index (χ0n) is 17.9. The van der Waals surface area contributed by atoms with Gasteiger partial charge in [-0.25, -0.2) is 8.42 Å². The Morgan fingerprint density at radius 3 is 2.56 bits per heavy atom. The minimum atomic E-state index is -3.46. The monoisotopic (exact) mass is 491 g/mol. The lowest BCUT2D eigenvalue weighted by atomic mass is 10.3. The summed E-state index contributed by atoms with van der Waals surface area (Å²) >= 11 is 3.01. The van der Waals surface area contributed by atoms with Crippen LogP contribution in [0.15, 0.2) is 51.8 Å². The molecule has 1 fully saturated rings. The lowest BCUT2D eigenvalue weighted by Gasteiger charge is -2.16. The van der Waals surface area contributed by atoms with Gasteiger partial charge in [0.15, 0.2) is 5.16 Å². The van der Waals surface area contributed by atoms with Gasteiger partial charge in [-0.15, -0.1) is 21.5 Å². The van der Waals surface area contributed by atoms with Crippen LogP contribution in [0.2, 0.25) is 0 Å². The van der Waals surface area contributed by atoms with Gasteiger partial charge in [0.25, 0.3) is 0 Å². The number of sulfonamides is 1. The number of thiophene rings is 1. The number of thioether (sulfide) groups is 1. The van der Waals surface area contributed by atoms with Crippen molar-refractivity contribution in [1.29, 1.82) is 0 Å². The fourth-order valence-electron chi connectivity index (χ4n) is 3.41. The molecule has 1 aliphatic heterocycles. The van der Waals surface area contributed by atoms with Crippen LogP contribution in [-0.4, -0.2) is 51.7 Å². The van der Waals surface area contributed by atoms with E-state index >= 15 is 0 Å². The molecule has 3 heterocycles. The van der Waals surface area contributed by atoms with Gasteiger partial charge in [-0.3, -0.25) is 4.79 Å². The standard InChI is InChI=1S/C21H25N5O3S3/c1-15(31-21-24-23-19(25(21)2)14-17-6-5-13-30-17)20(27)22-16-7-9-18(10-8-16)32(28,29)26-11-3-4-12-26/h5-10,13,15H,3-4,11-12,14H2,1-2H3,(H,22,27)/t15-/m1/s1. The van der Waals surface area contributed by atoms with Crippen LogP contribution in [0.1, 0.15) is 30.5 Å². The molecule has 11 heteroatoms. The second-order valence-corrected chi connectivity index (χ2v) is 11.9. The van der Waals surface area contributed by atoms with Crippen molar-refractivity contribution in [1.82, 2.24) is 19.1 Å². The maximum atomic E-state index is 12.7. The van der Waals surface area contributed by atoms with E-state index in [1.165, 1.54) is 20.9 Å². The highest BCUT2D eigenvalue weighted by Crippen LogP contribution is 2.25. The van der Waals surface area contributed by atoms with E-state index in [1.54, 1.807) is 42.5 Å². The molecule has 2 aromatic heterocycles. The Morgan fingerprint density at radius 1 is 1.19 bits per heavy atom. The normalized spacial score (nSPS) is 15.7. The first-order valence-corrected chi connectivity index (χ1v) is 13.5. The maximum absolute atomic E-state index is 12.7. The third kappa shape index (κ3) is 5.06. The van der Waals surface area contributed by atoms with Gasteiger partial charge in [0, 0.05) is 37.1 Å². The largest absolute Gasteiger partial charge is 0.325 e. The van der Waals surface area contributed by atoms with E-state index in [2.05, 4.69) is 21.6 Å². The van der Waals surface area contributed by atoms with E-state index in [0.29, 0.717) is 30.4 Å². The highest BCUT2D eigenvalue weighted by atomic mass is 32.2. The van der Waals surface area contributed by atoms with E-state index in [-0.39, 0.29) is 10.8 Å². The van der Waals surface area contributed by atoms with Crippen LogP contribution in [0.25, 0.3) is 0 Å². The van der Waals surface area contributed by atoms with Gasteiger partial charge in [-0.1, -0.05) is 17.8 Å². The molecule has 3 aromatic rings. The van der Waals surface area contributed by atoms with Crippen molar-refractivity contribution >= 4 is 44.7 Å². The van der Waals surface area contributed by atoms with Crippen LogP contribution < -0.4 is 5.32 Å². The number of nitrogens with one attached hydrogen (secondary N) is 1. The average molecular weight is 492 g/mol. The molecular formula is C21H25N5O3S3. The highest BCUT2D eigenvalue weighted by molar-refractivity contribution is 8.00. The summed E-state index contributed by atoms with van der Waals surface area (Å²) in [5, 5.41) is 13.6. The van der Waals surface area contributed by atoms with Crippen LogP contribution in [0, 0.1) is 0 Å². The van der Waals surface area contributed by atoms with Crippen LogP contribution >= 0.6 is 23.1 Å². The Morgan fingerprint density at radius 2 is 1.91 bits per heavy atom. The Labute approximate surface area is 196 Å². The van der Waals surface area contributed by atoms with Crippen LogP contribution in [0.3, 0.4) is 0 Å². The SMILES string of the molecule is C[C@@H](Sc1nnc(Cc2cccs2)n1C)C(=O)Nc1ccc(S(=O)(=O)N2CCCC2)cc1. The van der Waals surface area contributed by atoms with Gasteiger partial charge in [0.2, 0.25) is 15.9 Å². The molecule has 1 aromatic carbocycles. The summed E-state index contributed by atoms with van der Waals surface area (Å²) in [5.41, 5.74) is 0.555. The summed E-state index contributed by atoms with van der Waals surface area (Å²) < 4.78 is 28.7. The average Bonchev–Trinajstić information content (AvgIpc) is 3.54. The van der Waals surface area contributed by atoms with Crippen molar-refractivity contribution < 1.29 is 13.2 Å². The number of amides is 1. The molecule has 1 amide bonds. The minimum Gasteiger partial charge on any atom is -0.325 e. The van der Waals surface area contributed by atoms with Crippen molar-refractivity contribution in [3.05, 3.63) is 52.5 Å². The second kappa shape index (κ2) is 9.74. The molecule has 4 rings (SSSR count). The molecule has 1 aliphatic rings. The molecule has 32 heavy (non-hydrogen) atoms. The summed E-state index contributed by atoms with van der Waals surface area (Å²) in [4.78, 5) is 14.1. The van der Waals surface area contributed by atoms with E-state index in [9.17, 15) is 13.2 Å². The highest BCUT2D eigenvalue weighted by Gasteiger charge is 2.27. The molecule has 0 radical (unpaired) electrons. The summed E-state index contributed by atoms with van der Waals surface area (Å²) in [6.45, 7) is 2.93. The molecule has 0 unspecified atom stereocenters. The Bertz CT molecular complexity index is 1170. The predicted octanol–water partition coefficient (Wildman–Crippen LogP) is 3.37. The third-order valence-electron chi connectivity index (χ3n) is 5.31. The maximum Gasteiger partial charge on any atom is 0.243 e. The molecule has 0 spiro atoms. The van der Waals surface area contributed by atoms with Crippen molar-refractivity contribution in [3.8, 4) is 0 Å². The molecule has 1 saturated heterocycles. The van der Waals surface area contributed by atoms with Gasteiger partial charge < -0.3 is 9.88 Å². The summed E-state index contributed by atoms with van der Waals surface area (Å²) in [6.07, 6.45) is 2.49. The van der Waals surface area contributed by atoms with Crippen LogP contribution in [0.5, 0.6) is 0 Å². The smallest absolute Gasteiger partial charge is 0.243 e. The van der Waals surface area contributed by atoms with Gasteiger partial charge in [-0.05, 0) is 55.5 Å². The quantitative estimate of drug-likeness (QED) is 0.485. The molecule has 170 valence electrons. The van der Waals surface area contributed by atoms with Gasteiger partial charge in [0.05, 0.1) is 10.1 Å². The zero-order valence-corrected chi connectivity index (χ0v) is 20.3. The second-order valence-electron chi connectivity index (χ2n) is 7.60. The number of carbonyl (C=O) groups excluding carboxylic acids is 1. The number of nitrogens with zero attached hydrogens (tertiary/aromatic N) is 4. The van der Waals surface area contributed by atoms with Gasteiger partial charge >= 0.3 is 0 Å². The minimum absolute atomic E-state index is 0.187. The number of anilines is 1. The number of aromatic nitrogens is 3. The van der Waals surface area contributed by atoms with Crippen molar-refractivity contribution in [3.63, 3.8) is 0 Å². The first kappa shape index (κ1) is 23.0. The third-order valence-corrected chi connectivity index (χ3v) is 9.24. The number of rotatable bonds is 8. The predicted molar refractivity (Wildman–Crippen MR) is 127 cm³/mol. The molecule has 1 N–H and O–H groups in total. The molecule has 1 atom stereocenters. The molecule has 0 saturated carbocycles. The van der Waals surface area contributed by atoms with Crippen LogP contribution in [-0.2, 0) is 28.3 Å². The van der Waals surface area contributed by atoms with E-state index in [0.717, 1.165) is 18.7 Å². The van der Waals surface area contributed by atoms with E-state index in [1.807, 2.05) is 23.1 Å². The first-order chi connectivity index (χ1) is 15.3. The van der Waals surface area contributed by atoms with Crippen LogP contribution in [0.4, 0.5) is 5.69 Å². The van der Waals surface area contributed by atoms with Crippen molar-refractivity contribution in [2.75, 3.05) is 18.4 Å². The van der Waals surface area contributed by atoms with E-state index < -0.39 is 15.3 Å². The fraction of sp³-hybridized carbons (Fsp3) is 0.381. The van der Waals surface area contributed by atoms with Gasteiger partial charge in [0.1, 0.15) is 5.82 Å². The molecule has 0 aliphatic carbocycles. The Balaban J connectivity index is 1.36. The topological polar surface area (TPSA) is 97.2 Å². The zero-order chi connectivity index (χ0) is 22.7. The summed E-state index contributed by atoms with van der Waals surface area (Å²) in [7, 11) is -1.56. The van der Waals surface area contributed by atoms with Crippen molar-refractivity contribution in [2.45, 2.75) is 41.5 Å². The van der Waals surface area contributed by atoms with Crippen molar-refractivity contribution in [2.24, 2.45) is 7.05 Å². The number of hydrogen-bond acceptors (Lipinski definition) is 7. The summed E-state index contributed by atoms with van der Waals surface area (Å²) in [6, 6.07) is 10.4. The fourth-order valence-corrected chi connectivity index (χ4v) is 6.47.